The van der Waals surface area contributed by atoms with E-state index in [4.69, 9.17) is 11.6 Å². The van der Waals surface area contributed by atoms with Crippen molar-refractivity contribution in [3.05, 3.63) is 22.5 Å². The third-order valence-electron chi connectivity index (χ3n) is 4.18. The molecule has 3 rings (SSSR count). The highest BCUT2D eigenvalue weighted by molar-refractivity contribution is 6.29. The average molecular weight is 280 g/mol. The topological polar surface area (TPSA) is 46.1 Å². The van der Waals surface area contributed by atoms with E-state index in [2.05, 4.69) is 10.2 Å². The highest BCUT2D eigenvalue weighted by Gasteiger charge is 2.28. The van der Waals surface area contributed by atoms with Gasteiger partial charge in [0.05, 0.1) is 5.69 Å². The summed E-state index contributed by atoms with van der Waals surface area (Å²) in [5.74, 6) is 0.554. The number of amides is 1. The summed E-state index contributed by atoms with van der Waals surface area (Å²) >= 11 is 5.88. The molecular formula is C14H18ClN3O. The van der Waals surface area contributed by atoms with Crippen LogP contribution < -0.4 is 0 Å². The fourth-order valence-corrected chi connectivity index (χ4v) is 3.27. The molecule has 4 nitrogen and oxygen atoms in total. The van der Waals surface area contributed by atoms with Crippen molar-refractivity contribution in [3.63, 3.8) is 0 Å². The molecule has 1 amide bonds. The van der Waals surface area contributed by atoms with Crippen LogP contribution in [-0.2, 0) is 17.8 Å². The van der Waals surface area contributed by atoms with Crippen LogP contribution in [-0.4, -0.2) is 27.5 Å². The van der Waals surface area contributed by atoms with Crippen LogP contribution in [0, 0.1) is 5.92 Å². The summed E-state index contributed by atoms with van der Waals surface area (Å²) in [5.41, 5.74) is 2.03. The maximum Gasteiger partial charge on any atom is 0.225 e. The van der Waals surface area contributed by atoms with Gasteiger partial charge in [0.25, 0.3) is 0 Å². The first-order valence-corrected chi connectivity index (χ1v) is 7.41. The van der Waals surface area contributed by atoms with Gasteiger partial charge in [-0.2, -0.15) is 5.10 Å². The molecule has 0 N–H and O–H groups in total. The predicted molar refractivity (Wildman–Crippen MR) is 72.7 cm³/mol. The number of rotatable bonds is 1. The van der Waals surface area contributed by atoms with Gasteiger partial charge in [0.15, 0.2) is 5.15 Å². The van der Waals surface area contributed by atoms with E-state index < -0.39 is 0 Å². The van der Waals surface area contributed by atoms with Crippen molar-refractivity contribution in [2.24, 2.45) is 5.92 Å². The summed E-state index contributed by atoms with van der Waals surface area (Å²) in [7, 11) is 0. The molecule has 19 heavy (non-hydrogen) atoms. The van der Waals surface area contributed by atoms with Crippen molar-refractivity contribution in [1.29, 1.82) is 0 Å². The largest absolute Gasteiger partial charge is 0.338 e. The van der Waals surface area contributed by atoms with Gasteiger partial charge in [0, 0.05) is 25.4 Å². The molecule has 0 bridgehead atoms. The molecule has 0 atom stereocenters. The molecule has 1 aromatic heterocycles. The fourth-order valence-electron chi connectivity index (χ4n) is 3.10. The molecule has 0 unspecified atom stereocenters. The lowest BCUT2D eigenvalue weighted by atomic mass is 9.88. The number of aromatic nitrogens is 2. The average Bonchev–Trinajstić information content (AvgIpc) is 2.46. The van der Waals surface area contributed by atoms with Crippen LogP contribution >= 0.6 is 11.6 Å². The van der Waals surface area contributed by atoms with Gasteiger partial charge >= 0.3 is 0 Å². The second kappa shape index (κ2) is 5.45. The first-order valence-electron chi connectivity index (χ1n) is 7.04. The summed E-state index contributed by atoms with van der Waals surface area (Å²) in [6, 6.07) is 1.84. The predicted octanol–water partition coefficient (Wildman–Crippen LogP) is 2.60. The van der Waals surface area contributed by atoms with Crippen molar-refractivity contribution in [3.8, 4) is 0 Å². The maximum absolute atomic E-state index is 12.5. The Morgan fingerprint density at radius 2 is 2.05 bits per heavy atom. The zero-order valence-electron chi connectivity index (χ0n) is 10.9. The van der Waals surface area contributed by atoms with Crippen molar-refractivity contribution in [2.45, 2.75) is 45.1 Å². The Kier molecular flexibility index (Phi) is 3.69. The molecule has 0 radical (unpaired) electrons. The maximum atomic E-state index is 12.5. The third kappa shape index (κ3) is 2.73. The second-order valence-electron chi connectivity index (χ2n) is 5.48. The number of halogens is 1. The van der Waals surface area contributed by atoms with E-state index in [1.807, 2.05) is 11.0 Å². The monoisotopic (exact) mass is 279 g/mol. The van der Waals surface area contributed by atoms with Crippen LogP contribution in [0.25, 0.3) is 0 Å². The van der Waals surface area contributed by atoms with Crippen LogP contribution in [0.4, 0.5) is 0 Å². The Morgan fingerprint density at radius 1 is 1.26 bits per heavy atom. The lowest BCUT2D eigenvalue weighted by Crippen LogP contribution is -2.40. The van der Waals surface area contributed by atoms with E-state index in [9.17, 15) is 4.79 Å². The van der Waals surface area contributed by atoms with Gasteiger partial charge in [-0.3, -0.25) is 4.79 Å². The van der Waals surface area contributed by atoms with Crippen LogP contribution in [0.3, 0.4) is 0 Å². The van der Waals surface area contributed by atoms with E-state index in [1.54, 1.807) is 0 Å². The van der Waals surface area contributed by atoms with E-state index in [-0.39, 0.29) is 5.92 Å². The fraction of sp³-hybridized carbons (Fsp3) is 0.643. The van der Waals surface area contributed by atoms with Crippen LogP contribution in [0.15, 0.2) is 6.07 Å². The van der Waals surface area contributed by atoms with Gasteiger partial charge < -0.3 is 4.90 Å². The summed E-state index contributed by atoms with van der Waals surface area (Å²) in [4.78, 5) is 14.5. The van der Waals surface area contributed by atoms with Crippen LogP contribution in [0.5, 0.6) is 0 Å². The molecule has 1 aromatic rings. The van der Waals surface area contributed by atoms with Crippen LogP contribution in [0.2, 0.25) is 5.15 Å². The van der Waals surface area contributed by atoms with Gasteiger partial charge in [-0.1, -0.05) is 30.9 Å². The normalized spacial score (nSPS) is 20.2. The molecule has 5 heteroatoms. The van der Waals surface area contributed by atoms with E-state index in [0.717, 1.165) is 37.1 Å². The smallest absolute Gasteiger partial charge is 0.225 e. The minimum atomic E-state index is 0.237. The van der Waals surface area contributed by atoms with Crippen molar-refractivity contribution < 1.29 is 4.79 Å². The molecule has 102 valence electrons. The molecule has 0 saturated heterocycles. The molecule has 1 saturated carbocycles. The van der Waals surface area contributed by atoms with Gasteiger partial charge in [-0.25, -0.2) is 0 Å². The molecule has 2 heterocycles. The quantitative estimate of drug-likeness (QED) is 0.794. The number of nitrogens with zero attached hydrogens (tertiary/aromatic N) is 3. The van der Waals surface area contributed by atoms with E-state index in [1.165, 1.54) is 19.3 Å². The summed E-state index contributed by atoms with van der Waals surface area (Å²) in [6.07, 6.45) is 6.56. The standard InChI is InChI=1S/C14H18ClN3O/c15-13-8-11-9-18(7-6-12(11)16-17-13)14(19)10-4-2-1-3-5-10/h8,10H,1-7,9H2. The number of carbonyl (C=O) groups is 1. The zero-order chi connectivity index (χ0) is 13.2. The van der Waals surface area contributed by atoms with E-state index in [0.29, 0.717) is 17.6 Å². The lowest BCUT2D eigenvalue weighted by Gasteiger charge is -2.32. The molecule has 0 spiro atoms. The minimum absolute atomic E-state index is 0.237. The summed E-state index contributed by atoms with van der Waals surface area (Å²) in [6.45, 7) is 1.40. The number of hydrogen-bond donors (Lipinski definition) is 0. The molecule has 2 aliphatic rings. The molecular weight excluding hydrogens is 262 g/mol. The van der Waals surface area contributed by atoms with Crippen molar-refractivity contribution >= 4 is 17.5 Å². The minimum Gasteiger partial charge on any atom is -0.338 e. The van der Waals surface area contributed by atoms with Crippen molar-refractivity contribution in [1.82, 2.24) is 15.1 Å². The van der Waals surface area contributed by atoms with Gasteiger partial charge in [-0.05, 0) is 24.5 Å². The van der Waals surface area contributed by atoms with Gasteiger partial charge in [-0.15, -0.1) is 5.10 Å². The van der Waals surface area contributed by atoms with Crippen molar-refractivity contribution in [2.75, 3.05) is 6.54 Å². The van der Waals surface area contributed by atoms with Crippen LogP contribution in [0.1, 0.15) is 43.4 Å². The zero-order valence-corrected chi connectivity index (χ0v) is 11.7. The molecule has 1 aliphatic heterocycles. The van der Waals surface area contributed by atoms with E-state index >= 15 is 0 Å². The second-order valence-corrected chi connectivity index (χ2v) is 5.87. The Morgan fingerprint density at radius 3 is 2.84 bits per heavy atom. The van der Waals surface area contributed by atoms with Gasteiger partial charge in [0.1, 0.15) is 0 Å². The number of carbonyl (C=O) groups excluding carboxylic acids is 1. The Hall–Kier alpha value is -1.16. The number of fused-ring (bicyclic) bond motifs is 1. The third-order valence-corrected chi connectivity index (χ3v) is 4.36. The molecule has 1 aliphatic carbocycles. The Labute approximate surface area is 118 Å². The SMILES string of the molecule is O=C(C1CCCCC1)N1CCc2nnc(Cl)cc2C1. The molecule has 1 fully saturated rings. The summed E-state index contributed by atoms with van der Waals surface area (Å²) in [5, 5.41) is 8.38. The lowest BCUT2D eigenvalue weighted by molar-refractivity contribution is -0.137. The highest BCUT2D eigenvalue weighted by Crippen LogP contribution is 2.27. The summed E-state index contributed by atoms with van der Waals surface area (Å²) < 4.78 is 0. The Balaban J connectivity index is 1.72. The molecule has 0 aromatic carbocycles. The Bertz CT molecular complexity index is 486. The highest BCUT2D eigenvalue weighted by atomic mass is 35.5. The van der Waals surface area contributed by atoms with Gasteiger partial charge in [0.2, 0.25) is 5.91 Å². The first kappa shape index (κ1) is 12.9. The first-order chi connectivity index (χ1) is 9.24. The number of hydrogen-bond acceptors (Lipinski definition) is 3.